The van der Waals surface area contributed by atoms with Gasteiger partial charge in [0.2, 0.25) is 0 Å². The first-order valence-corrected chi connectivity index (χ1v) is 3.91. The highest BCUT2D eigenvalue weighted by Crippen LogP contribution is 1.91. The number of nitrogens with zero attached hydrogens (tertiary/aromatic N) is 4. The smallest absolute Gasteiger partial charge is 0.113 e. The molecule has 0 saturated heterocycles. The van der Waals surface area contributed by atoms with Crippen LogP contribution >= 0.6 is 0 Å². The summed E-state index contributed by atoms with van der Waals surface area (Å²) in [5.41, 5.74) is 0.927. The van der Waals surface area contributed by atoms with E-state index in [9.17, 15) is 0 Å². The molecule has 0 aliphatic rings. The second-order valence-electron chi connectivity index (χ2n) is 3.77. The zero-order valence-corrected chi connectivity index (χ0v) is 8.87. The predicted octanol–water partition coefficient (Wildman–Crippen LogP) is 0.616. The van der Waals surface area contributed by atoms with Gasteiger partial charge in [-0.25, -0.2) is 4.59 Å². The molecular formula is C8H19N4+. The lowest BCUT2D eigenvalue weighted by Gasteiger charge is -2.15. The second-order valence-corrected chi connectivity index (χ2v) is 3.77. The van der Waals surface area contributed by atoms with Crippen LogP contribution in [0.25, 0.3) is 0 Å². The first kappa shape index (κ1) is 11.1. The highest BCUT2D eigenvalue weighted by atomic mass is 15.6. The van der Waals surface area contributed by atoms with Gasteiger partial charge in [0.1, 0.15) is 5.71 Å². The van der Waals surface area contributed by atoms with E-state index in [1.54, 1.807) is 11.2 Å². The molecular weight excluding hydrogens is 152 g/mol. The molecule has 4 heteroatoms. The average Bonchev–Trinajstić information content (AvgIpc) is 1.79. The summed E-state index contributed by atoms with van der Waals surface area (Å²) in [5.74, 6) is 0. The van der Waals surface area contributed by atoms with E-state index in [0.29, 0.717) is 4.59 Å². The van der Waals surface area contributed by atoms with Crippen LogP contribution in [-0.4, -0.2) is 56.8 Å². The zero-order chi connectivity index (χ0) is 9.78. The summed E-state index contributed by atoms with van der Waals surface area (Å²) >= 11 is 0. The van der Waals surface area contributed by atoms with Gasteiger partial charge in [0.05, 0.1) is 27.4 Å². The van der Waals surface area contributed by atoms with Gasteiger partial charge in [-0.15, -0.1) is 0 Å². The molecule has 4 nitrogen and oxygen atoms in total. The Kier molecular flexibility index (Phi) is 3.89. The summed E-state index contributed by atoms with van der Waals surface area (Å²) in [7, 11) is 9.79. The molecule has 0 amide bonds. The monoisotopic (exact) mass is 171 g/mol. The molecule has 70 valence electrons. The van der Waals surface area contributed by atoms with Crippen molar-refractivity contribution < 1.29 is 4.59 Å². The maximum atomic E-state index is 4.36. The summed E-state index contributed by atoms with van der Waals surface area (Å²) in [6, 6.07) is 0. The van der Waals surface area contributed by atoms with Crippen LogP contribution in [0.3, 0.4) is 0 Å². The lowest BCUT2D eigenvalue weighted by Crippen LogP contribution is -2.29. The molecule has 12 heavy (non-hydrogen) atoms. The summed E-state index contributed by atoms with van der Waals surface area (Å²) in [6.07, 6.45) is 1.75. The van der Waals surface area contributed by atoms with Crippen molar-refractivity contribution in [2.24, 2.45) is 10.2 Å². The van der Waals surface area contributed by atoms with Gasteiger partial charge >= 0.3 is 0 Å². The Hall–Kier alpha value is -0.900. The SMILES string of the molecule is CC(C=NN(C)C)=N[N+](C)(C)C. The summed E-state index contributed by atoms with van der Waals surface area (Å²) in [5, 5.41) is 10.2. The van der Waals surface area contributed by atoms with E-state index >= 15 is 0 Å². The second kappa shape index (κ2) is 4.21. The van der Waals surface area contributed by atoms with Crippen molar-refractivity contribution in [2.75, 3.05) is 35.2 Å². The molecule has 0 aromatic heterocycles. The number of hydrazone groups is 1. The molecule has 0 aromatic carbocycles. The Morgan fingerprint density at radius 3 is 2.08 bits per heavy atom. The van der Waals surface area contributed by atoms with Crippen molar-refractivity contribution in [3.05, 3.63) is 0 Å². The van der Waals surface area contributed by atoms with Crippen LogP contribution in [0, 0.1) is 0 Å². The van der Waals surface area contributed by atoms with Crippen molar-refractivity contribution in [3.63, 3.8) is 0 Å². The molecule has 0 aliphatic carbocycles. The Labute approximate surface area is 74.8 Å². The normalized spacial score (nSPS) is 14.0. The van der Waals surface area contributed by atoms with Crippen LogP contribution in [0.15, 0.2) is 10.2 Å². The third-order valence-corrected chi connectivity index (χ3v) is 0.933. The van der Waals surface area contributed by atoms with E-state index in [-0.39, 0.29) is 0 Å². The molecule has 0 aliphatic heterocycles. The minimum Gasteiger partial charge on any atom is -0.303 e. The predicted molar refractivity (Wildman–Crippen MR) is 53.3 cm³/mol. The van der Waals surface area contributed by atoms with Crippen molar-refractivity contribution in [1.29, 1.82) is 0 Å². The van der Waals surface area contributed by atoms with Crippen molar-refractivity contribution in [2.45, 2.75) is 6.92 Å². The van der Waals surface area contributed by atoms with E-state index in [4.69, 9.17) is 0 Å². The van der Waals surface area contributed by atoms with Gasteiger partial charge < -0.3 is 5.01 Å². The van der Waals surface area contributed by atoms with Crippen molar-refractivity contribution >= 4 is 11.9 Å². The molecule has 0 fully saturated rings. The third-order valence-electron chi connectivity index (χ3n) is 0.933. The van der Waals surface area contributed by atoms with Gasteiger partial charge in [-0.2, -0.15) is 5.10 Å². The van der Waals surface area contributed by atoms with Crippen LogP contribution < -0.4 is 0 Å². The van der Waals surface area contributed by atoms with Gasteiger partial charge in [0.25, 0.3) is 0 Å². The molecule has 0 rings (SSSR count). The summed E-state index contributed by atoms with van der Waals surface area (Å²) in [6.45, 7) is 1.94. The number of rotatable bonds is 3. The summed E-state index contributed by atoms with van der Waals surface area (Å²) < 4.78 is 0.575. The number of hydrogen-bond donors (Lipinski definition) is 0. The van der Waals surface area contributed by atoms with E-state index in [1.165, 1.54) is 0 Å². The average molecular weight is 171 g/mol. The first-order chi connectivity index (χ1) is 5.31. The fourth-order valence-corrected chi connectivity index (χ4v) is 0.698. The number of quaternary nitrogens is 1. The van der Waals surface area contributed by atoms with Gasteiger partial charge in [-0.1, -0.05) is 5.10 Å². The topological polar surface area (TPSA) is 28.0 Å². The molecule has 0 unspecified atom stereocenters. The highest BCUT2D eigenvalue weighted by Gasteiger charge is 2.03. The largest absolute Gasteiger partial charge is 0.303 e. The Balaban J connectivity index is 4.21. The minimum absolute atomic E-state index is 0.575. The highest BCUT2D eigenvalue weighted by molar-refractivity contribution is 6.29. The molecule has 0 radical (unpaired) electrons. The lowest BCUT2D eigenvalue weighted by atomic mass is 10.5. The van der Waals surface area contributed by atoms with Gasteiger partial charge in [0, 0.05) is 14.1 Å². The molecule has 0 atom stereocenters. The molecule has 0 bridgehead atoms. The lowest BCUT2D eigenvalue weighted by molar-refractivity contribution is -0.876. The molecule has 0 N–H and O–H groups in total. The first-order valence-electron chi connectivity index (χ1n) is 3.91. The Morgan fingerprint density at radius 2 is 1.75 bits per heavy atom. The maximum absolute atomic E-state index is 4.36. The minimum atomic E-state index is 0.575. The van der Waals surface area contributed by atoms with Crippen molar-refractivity contribution in [1.82, 2.24) is 5.01 Å². The van der Waals surface area contributed by atoms with Crippen LogP contribution in [0.2, 0.25) is 0 Å². The van der Waals surface area contributed by atoms with Crippen LogP contribution in [0.5, 0.6) is 0 Å². The Morgan fingerprint density at radius 1 is 1.25 bits per heavy atom. The van der Waals surface area contributed by atoms with Crippen molar-refractivity contribution in [3.8, 4) is 0 Å². The van der Waals surface area contributed by atoms with E-state index in [0.717, 1.165) is 5.71 Å². The standard InChI is InChI=1S/C8H19N4/c1-8(7-9-11(2)3)10-12(4,5)6/h7H,1-6H3/q+1. The maximum Gasteiger partial charge on any atom is 0.113 e. The molecule has 0 aromatic rings. The van der Waals surface area contributed by atoms with E-state index < -0.39 is 0 Å². The fraction of sp³-hybridized carbons (Fsp3) is 0.750. The van der Waals surface area contributed by atoms with Crippen LogP contribution in [0.1, 0.15) is 6.92 Å². The van der Waals surface area contributed by atoms with Gasteiger partial charge in [-0.3, -0.25) is 0 Å². The molecule has 0 saturated carbocycles. The fourth-order valence-electron chi connectivity index (χ4n) is 0.698. The summed E-state index contributed by atoms with van der Waals surface area (Å²) in [4.78, 5) is 0. The van der Waals surface area contributed by atoms with E-state index in [1.807, 2.05) is 42.2 Å². The zero-order valence-electron chi connectivity index (χ0n) is 8.87. The van der Waals surface area contributed by atoms with E-state index in [2.05, 4.69) is 10.2 Å². The molecule has 0 spiro atoms. The third kappa shape index (κ3) is 7.21. The van der Waals surface area contributed by atoms with Gasteiger partial charge in [-0.05, 0) is 6.92 Å². The van der Waals surface area contributed by atoms with Gasteiger partial charge in [0.15, 0.2) is 0 Å². The van der Waals surface area contributed by atoms with Crippen LogP contribution in [-0.2, 0) is 0 Å². The Bertz CT molecular complexity index is 186. The number of hydrogen-bond acceptors (Lipinski definition) is 3. The molecule has 0 heterocycles. The quantitative estimate of drug-likeness (QED) is 0.347. The van der Waals surface area contributed by atoms with Crippen LogP contribution in [0.4, 0.5) is 0 Å².